The van der Waals surface area contributed by atoms with Gasteiger partial charge in [-0.25, -0.2) is 8.42 Å². The molecule has 0 aliphatic heterocycles. The summed E-state index contributed by atoms with van der Waals surface area (Å²) in [4.78, 5) is 4.08. The Hall–Kier alpha value is -1.92. The fourth-order valence-corrected chi connectivity index (χ4v) is 2.51. The van der Waals surface area contributed by atoms with Crippen LogP contribution in [0.3, 0.4) is 0 Å². The van der Waals surface area contributed by atoms with Gasteiger partial charge < -0.3 is 5.32 Å². The number of benzene rings is 1. The molecule has 2 rings (SSSR count). The van der Waals surface area contributed by atoms with E-state index in [2.05, 4.69) is 21.9 Å². The lowest BCUT2D eigenvalue weighted by Gasteiger charge is -2.15. The van der Waals surface area contributed by atoms with E-state index in [1.54, 1.807) is 18.3 Å². The van der Waals surface area contributed by atoms with Crippen molar-refractivity contribution in [1.29, 1.82) is 0 Å². The Kier molecular flexibility index (Phi) is 4.93. The van der Waals surface area contributed by atoms with Gasteiger partial charge in [-0.2, -0.15) is 0 Å². The molecule has 21 heavy (non-hydrogen) atoms. The van der Waals surface area contributed by atoms with Gasteiger partial charge in [0.15, 0.2) is 0 Å². The zero-order valence-corrected chi connectivity index (χ0v) is 12.9. The number of hydrogen-bond donors (Lipinski definition) is 2. The number of nitrogens with one attached hydrogen (secondary N) is 2. The molecule has 1 aromatic heterocycles. The van der Waals surface area contributed by atoms with E-state index in [1.807, 2.05) is 30.5 Å². The average molecular weight is 305 g/mol. The predicted molar refractivity (Wildman–Crippen MR) is 84.4 cm³/mol. The second-order valence-electron chi connectivity index (χ2n) is 4.96. The van der Waals surface area contributed by atoms with Crippen LogP contribution in [0.2, 0.25) is 0 Å². The number of anilines is 1. The number of sulfonamides is 1. The van der Waals surface area contributed by atoms with Gasteiger partial charge in [-0.05, 0) is 36.2 Å². The number of rotatable bonds is 6. The summed E-state index contributed by atoms with van der Waals surface area (Å²) < 4.78 is 24.7. The van der Waals surface area contributed by atoms with Gasteiger partial charge in [0.05, 0.1) is 6.26 Å². The van der Waals surface area contributed by atoms with E-state index >= 15 is 0 Å². The zero-order chi connectivity index (χ0) is 15.3. The fraction of sp³-hybridized carbons (Fsp3) is 0.267. The van der Waals surface area contributed by atoms with E-state index in [-0.39, 0.29) is 6.04 Å². The molecule has 0 spiro atoms. The molecule has 0 bridgehead atoms. The molecule has 2 aromatic rings. The van der Waals surface area contributed by atoms with Crippen LogP contribution in [0.5, 0.6) is 0 Å². The molecule has 0 aliphatic carbocycles. The minimum Gasteiger partial charge on any atom is -0.306 e. The minimum atomic E-state index is -3.23. The van der Waals surface area contributed by atoms with Crippen LogP contribution in [0.1, 0.15) is 24.1 Å². The highest BCUT2D eigenvalue weighted by molar-refractivity contribution is 7.92. The topological polar surface area (TPSA) is 71.1 Å². The first-order chi connectivity index (χ1) is 9.94. The zero-order valence-electron chi connectivity index (χ0n) is 12.1. The molecular weight excluding hydrogens is 286 g/mol. The van der Waals surface area contributed by atoms with Crippen molar-refractivity contribution in [1.82, 2.24) is 10.3 Å². The average Bonchev–Trinajstić information content (AvgIpc) is 2.45. The van der Waals surface area contributed by atoms with E-state index in [1.165, 1.54) is 0 Å². The second-order valence-corrected chi connectivity index (χ2v) is 6.71. The second kappa shape index (κ2) is 6.69. The van der Waals surface area contributed by atoms with Crippen molar-refractivity contribution in [3.8, 4) is 0 Å². The van der Waals surface area contributed by atoms with Gasteiger partial charge in [0.1, 0.15) is 0 Å². The molecule has 0 aliphatic rings. The molecule has 1 atom stereocenters. The van der Waals surface area contributed by atoms with Crippen molar-refractivity contribution in [2.75, 3.05) is 11.0 Å². The van der Waals surface area contributed by atoms with Crippen LogP contribution >= 0.6 is 0 Å². The van der Waals surface area contributed by atoms with Crippen molar-refractivity contribution in [3.05, 3.63) is 59.9 Å². The van der Waals surface area contributed by atoms with Crippen LogP contribution in [-0.4, -0.2) is 19.7 Å². The predicted octanol–water partition coefficient (Wildman–Crippen LogP) is 2.30. The van der Waals surface area contributed by atoms with E-state index in [4.69, 9.17) is 0 Å². The quantitative estimate of drug-likeness (QED) is 0.859. The Morgan fingerprint density at radius 2 is 1.90 bits per heavy atom. The van der Waals surface area contributed by atoms with Crippen molar-refractivity contribution < 1.29 is 8.42 Å². The highest BCUT2D eigenvalue weighted by Gasteiger charge is 2.06. The summed E-state index contributed by atoms with van der Waals surface area (Å²) in [7, 11) is -3.23. The monoisotopic (exact) mass is 305 g/mol. The maximum Gasteiger partial charge on any atom is 0.229 e. The molecule has 1 heterocycles. The molecule has 0 fully saturated rings. The highest BCUT2D eigenvalue weighted by Crippen LogP contribution is 2.17. The van der Waals surface area contributed by atoms with Crippen molar-refractivity contribution >= 4 is 15.7 Å². The summed E-state index contributed by atoms with van der Waals surface area (Å²) in [6, 6.07) is 11.4. The smallest absolute Gasteiger partial charge is 0.229 e. The lowest BCUT2D eigenvalue weighted by molar-refractivity contribution is 0.574. The van der Waals surface area contributed by atoms with Crippen LogP contribution in [0, 0.1) is 0 Å². The third-order valence-electron chi connectivity index (χ3n) is 3.05. The van der Waals surface area contributed by atoms with Crippen LogP contribution in [0.15, 0.2) is 48.8 Å². The van der Waals surface area contributed by atoms with E-state index in [0.717, 1.165) is 23.9 Å². The third kappa shape index (κ3) is 5.17. The maximum atomic E-state index is 11.1. The standard InChI is InChI=1S/C15H19N3O2S/c1-12(17-11-13-4-3-9-16-10-13)14-5-7-15(8-6-14)18-21(2,19)20/h3-10,12,17-18H,11H2,1-2H3. The molecule has 6 heteroatoms. The normalized spacial score (nSPS) is 12.9. The van der Waals surface area contributed by atoms with Crippen LogP contribution in [-0.2, 0) is 16.6 Å². The number of pyridine rings is 1. The summed E-state index contributed by atoms with van der Waals surface area (Å²) in [6.45, 7) is 2.80. The van der Waals surface area contributed by atoms with Crippen LogP contribution in [0.4, 0.5) is 5.69 Å². The summed E-state index contributed by atoms with van der Waals surface area (Å²) in [5, 5.41) is 3.40. The van der Waals surface area contributed by atoms with Crippen molar-refractivity contribution in [2.45, 2.75) is 19.5 Å². The fourth-order valence-electron chi connectivity index (χ4n) is 1.95. The number of aromatic nitrogens is 1. The molecule has 5 nitrogen and oxygen atoms in total. The summed E-state index contributed by atoms with van der Waals surface area (Å²) in [6.07, 6.45) is 4.72. The van der Waals surface area contributed by atoms with Crippen LogP contribution in [0.25, 0.3) is 0 Å². The molecule has 0 radical (unpaired) electrons. The first-order valence-corrected chi connectivity index (χ1v) is 8.53. The third-order valence-corrected chi connectivity index (χ3v) is 3.66. The Morgan fingerprint density at radius 3 is 2.48 bits per heavy atom. The SMILES string of the molecule is CC(NCc1cccnc1)c1ccc(NS(C)(=O)=O)cc1. The summed E-state index contributed by atoms with van der Waals surface area (Å²) >= 11 is 0. The van der Waals surface area contributed by atoms with Gasteiger partial charge >= 0.3 is 0 Å². The van der Waals surface area contributed by atoms with Gasteiger partial charge in [-0.15, -0.1) is 0 Å². The lowest BCUT2D eigenvalue weighted by atomic mass is 10.1. The largest absolute Gasteiger partial charge is 0.306 e. The van der Waals surface area contributed by atoms with Gasteiger partial charge in [0, 0.05) is 30.7 Å². The Balaban J connectivity index is 1.95. The molecular formula is C15H19N3O2S. The molecule has 2 N–H and O–H groups in total. The van der Waals surface area contributed by atoms with Gasteiger partial charge in [-0.3, -0.25) is 9.71 Å². The van der Waals surface area contributed by atoms with E-state index in [9.17, 15) is 8.42 Å². The molecule has 1 aromatic carbocycles. The van der Waals surface area contributed by atoms with Gasteiger partial charge in [-0.1, -0.05) is 18.2 Å². The van der Waals surface area contributed by atoms with Crippen LogP contribution < -0.4 is 10.0 Å². The number of nitrogens with zero attached hydrogens (tertiary/aromatic N) is 1. The minimum absolute atomic E-state index is 0.164. The van der Waals surface area contributed by atoms with E-state index in [0.29, 0.717) is 5.69 Å². The van der Waals surface area contributed by atoms with Gasteiger partial charge in [0.25, 0.3) is 0 Å². The molecule has 0 amide bonds. The Labute approximate surface area is 125 Å². The first-order valence-electron chi connectivity index (χ1n) is 6.64. The van der Waals surface area contributed by atoms with Gasteiger partial charge in [0.2, 0.25) is 10.0 Å². The molecule has 1 unspecified atom stereocenters. The highest BCUT2D eigenvalue weighted by atomic mass is 32.2. The molecule has 112 valence electrons. The summed E-state index contributed by atoms with van der Waals surface area (Å²) in [5.74, 6) is 0. The maximum absolute atomic E-state index is 11.1. The molecule has 0 saturated carbocycles. The Bertz CT molecular complexity index is 670. The first kappa shape index (κ1) is 15.5. The summed E-state index contributed by atoms with van der Waals surface area (Å²) in [5.41, 5.74) is 2.79. The molecule has 0 saturated heterocycles. The Morgan fingerprint density at radius 1 is 1.19 bits per heavy atom. The number of hydrogen-bond acceptors (Lipinski definition) is 4. The van der Waals surface area contributed by atoms with Crippen molar-refractivity contribution in [3.63, 3.8) is 0 Å². The van der Waals surface area contributed by atoms with E-state index < -0.39 is 10.0 Å². The lowest BCUT2D eigenvalue weighted by Crippen LogP contribution is -2.18. The van der Waals surface area contributed by atoms with Crippen molar-refractivity contribution in [2.24, 2.45) is 0 Å².